The quantitative estimate of drug-likeness (QED) is 0.0239. The number of ketones is 2. The van der Waals surface area contributed by atoms with Crippen LogP contribution < -0.4 is 21.3 Å². The summed E-state index contributed by atoms with van der Waals surface area (Å²) in [5, 5.41) is 13.7. The van der Waals surface area contributed by atoms with E-state index in [0.29, 0.717) is 12.1 Å². The molecule has 0 radical (unpaired) electrons. The number of nitrogen functional groups attached to an aromatic ring is 1. The second-order valence-corrected chi connectivity index (χ2v) is 17.0. The van der Waals surface area contributed by atoms with E-state index < -0.39 is 52.8 Å². The zero-order valence-electron chi connectivity index (χ0n) is 32.7. The normalized spacial score (nSPS) is 13.8. The maximum Gasteiger partial charge on any atom is 0.296 e. The Kier molecular flexibility index (Phi) is 13.2. The Labute approximate surface area is 351 Å². The number of carbonyl (C=O) groups is 5. The van der Waals surface area contributed by atoms with Gasteiger partial charge in [0.1, 0.15) is 9.79 Å². The summed E-state index contributed by atoms with van der Waals surface area (Å²) in [5.41, 5.74) is 5.07. The number of unbranched alkanes of at least 4 members (excludes halogenated alkanes) is 4. The molecule has 6 N–H and O–H groups in total. The largest absolute Gasteiger partial charge is 0.397 e. The number of nitrogens with zero attached hydrogens (tertiary/aromatic N) is 4. The van der Waals surface area contributed by atoms with Crippen LogP contribution in [0, 0.1) is 0 Å². The molecule has 318 valence electrons. The van der Waals surface area contributed by atoms with Crippen LogP contribution >= 0.6 is 0 Å². The molecule has 4 aromatic carbocycles. The van der Waals surface area contributed by atoms with E-state index in [0.717, 1.165) is 61.4 Å². The van der Waals surface area contributed by atoms with Gasteiger partial charge in [0.2, 0.25) is 5.91 Å². The van der Waals surface area contributed by atoms with Gasteiger partial charge in [-0.15, -0.1) is 0 Å². The van der Waals surface area contributed by atoms with Crippen molar-refractivity contribution in [3.05, 3.63) is 107 Å². The van der Waals surface area contributed by atoms with Crippen LogP contribution in [0.5, 0.6) is 0 Å². The highest BCUT2D eigenvalue weighted by Gasteiger charge is 2.37. The molecule has 0 spiro atoms. The van der Waals surface area contributed by atoms with Gasteiger partial charge in [0.15, 0.2) is 11.6 Å². The van der Waals surface area contributed by atoms with Crippen molar-refractivity contribution in [1.29, 1.82) is 0 Å². The van der Waals surface area contributed by atoms with Crippen molar-refractivity contribution in [2.75, 3.05) is 42.6 Å². The number of carbonyl (C=O) groups excluding carboxylic acids is 5. The number of azo groups is 1. The highest BCUT2D eigenvalue weighted by Crippen LogP contribution is 2.41. The highest BCUT2D eigenvalue weighted by atomic mass is 32.2. The molecule has 61 heavy (non-hydrogen) atoms. The number of nitrogens with one attached hydrogen (secondary N) is 2. The summed E-state index contributed by atoms with van der Waals surface area (Å²) < 4.78 is 69.9. The number of amides is 3. The highest BCUT2D eigenvalue weighted by molar-refractivity contribution is 7.86. The number of rotatable bonds is 18. The van der Waals surface area contributed by atoms with Crippen molar-refractivity contribution in [3.63, 3.8) is 0 Å². The summed E-state index contributed by atoms with van der Waals surface area (Å²) in [6.07, 6.45) is 7.23. The topological polar surface area (TPSA) is 275 Å². The van der Waals surface area contributed by atoms with Gasteiger partial charge >= 0.3 is 0 Å². The zero-order valence-corrected chi connectivity index (χ0v) is 34.3. The number of imide groups is 1. The molecule has 6 rings (SSSR count). The van der Waals surface area contributed by atoms with E-state index >= 15 is 0 Å². The Hall–Kier alpha value is -6.61. The van der Waals surface area contributed by atoms with Crippen molar-refractivity contribution < 1.29 is 49.9 Å². The van der Waals surface area contributed by atoms with Gasteiger partial charge in [0.05, 0.1) is 39.6 Å². The average molecular weight is 872 g/mol. The molecule has 0 unspecified atom stereocenters. The van der Waals surface area contributed by atoms with E-state index in [2.05, 4.69) is 25.8 Å². The first kappa shape index (κ1) is 44.0. The molecule has 4 aromatic rings. The van der Waals surface area contributed by atoms with Crippen molar-refractivity contribution >= 4 is 83.6 Å². The predicted octanol–water partition coefficient (Wildman–Crippen LogP) is 5.51. The van der Waals surface area contributed by atoms with Gasteiger partial charge in [-0.2, -0.15) is 27.1 Å². The van der Waals surface area contributed by atoms with Gasteiger partial charge in [-0.05, 0) is 61.4 Å². The third kappa shape index (κ3) is 10.2. The Balaban J connectivity index is 1.05. The van der Waals surface area contributed by atoms with E-state index in [1.54, 1.807) is 12.1 Å². The number of nitrogens with two attached hydrogens (primary N) is 1. The molecule has 3 amide bonds. The average Bonchev–Trinajstić information content (AvgIpc) is 3.54. The lowest BCUT2D eigenvalue weighted by atomic mass is 9.82. The molecule has 0 saturated heterocycles. The molecule has 0 bridgehead atoms. The van der Waals surface area contributed by atoms with Crippen LogP contribution in [0.1, 0.15) is 70.4 Å². The fourth-order valence-electron chi connectivity index (χ4n) is 6.87. The van der Waals surface area contributed by atoms with Crippen LogP contribution in [0.3, 0.4) is 0 Å². The molecule has 0 atom stereocenters. The van der Waals surface area contributed by atoms with E-state index in [1.165, 1.54) is 48.6 Å². The molecule has 2 aliphatic rings. The van der Waals surface area contributed by atoms with E-state index in [-0.39, 0.29) is 64.6 Å². The van der Waals surface area contributed by atoms with Crippen molar-refractivity contribution in [2.45, 2.75) is 48.3 Å². The van der Waals surface area contributed by atoms with Gasteiger partial charge in [0, 0.05) is 62.1 Å². The van der Waals surface area contributed by atoms with E-state index in [1.807, 2.05) is 19.2 Å². The predicted molar refractivity (Wildman–Crippen MR) is 224 cm³/mol. The molecule has 1 heterocycles. The Bertz CT molecular complexity index is 2700. The molecular weight excluding hydrogens is 831 g/mol. The van der Waals surface area contributed by atoms with Crippen molar-refractivity contribution in [3.8, 4) is 0 Å². The minimum atomic E-state index is -5.05. The number of hydrogen-bond donors (Lipinski definition) is 5. The van der Waals surface area contributed by atoms with Crippen molar-refractivity contribution in [2.24, 2.45) is 10.2 Å². The Morgan fingerprint density at radius 2 is 1.30 bits per heavy atom. The second kappa shape index (κ2) is 18.3. The Morgan fingerprint density at radius 3 is 1.93 bits per heavy atom. The molecule has 1 aliphatic carbocycles. The monoisotopic (exact) mass is 871 g/mol. The summed E-state index contributed by atoms with van der Waals surface area (Å²) >= 11 is 0. The van der Waals surface area contributed by atoms with Crippen molar-refractivity contribution in [1.82, 2.24) is 10.2 Å². The van der Waals surface area contributed by atoms with Crippen LogP contribution in [0.2, 0.25) is 0 Å². The van der Waals surface area contributed by atoms with Gasteiger partial charge in [0.25, 0.3) is 32.1 Å². The molecule has 0 aromatic heterocycles. The third-order valence-electron chi connectivity index (χ3n) is 10.0. The van der Waals surface area contributed by atoms with Gasteiger partial charge in [-0.1, -0.05) is 43.5 Å². The number of benzene rings is 4. The third-order valence-corrected chi connectivity index (χ3v) is 11.8. The SMILES string of the molecule is CN(CCCCCCCC(=O)NCCN1C(=O)C=CC1=O)c1ccc(/N=N/c2ccc(Nc3cc(S(=O)(=O)O)c(N)c4c3C(=O)c3ccccc3C4=O)c(S(=O)(=O)O)c2)cc1. The van der Waals surface area contributed by atoms with Crippen LogP contribution in [-0.2, 0) is 34.6 Å². The maximum atomic E-state index is 13.7. The van der Waals surface area contributed by atoms with Crippen LogP contribution in [0.4, 0.5) is 34.1 Å². The van der Waals surface area contributed by atoms with Gasteiger partial charge in [-0.25, -0.2) is 0 Å². The molecule has 20 heteroatoms. The summed E-state index contributed by atoms with van der Waals surface area (Å²) in [5.74, 6) is -2.40. The molecular formula is C41H41N7O11S2. The van der Waals surface area contributed by atoms with Gasteiger partial charge in [-0.3, -0.25) is 38.0 Å². The van der Waals surface area contributed by atoms with Crippen LogP contribution in [-0.4, -0.2) is 86.8 Å². The Morgan fingerprint density at radius 1 is 0.721 bits per heavy atom. The minimum absolute atomic E-state index is 0.00353. The molecule has 18 nitrogen and oxygen atoms in total. The number of fused-ring (bicyclic) bond motifs is 2. The lowest BCUT2D eigenvalue weighted by Gasteiger charge is -2.24. The van der Waals surface area contributed by atoms with Crippen LogP contribution in [0.25, 0.3) is 0 Å². The zero-order chi connectivity index (χ0) is 44.1. The second-order valence-electron chi connectivity index (χ2n) is 14.2. The summed E-state index contributed by atoms with van der Waals surface area (Å²) in [4.78, 5) is 63.9. The molecule has 1 aliphatic heterocycles. The standard InChI is InChI=1S/C41H41N7O11S2/c1-47(21-8-4-2-3-5-11-34(49)43-20-22-48-35(50)18-19-36(48)51)27-15-12-25(13-16-27)45-46-26-14-17-30(32(23-26)60(54,55)56)44-31-24-33(61(57,58)59)39(42)38-37(31)40(52)28-9-6-7-10-29(28)41(38)53/h6-7,9-10,12-19,23-24,44H,2-5,8,11,20-22,42H2,1H3,(H,43,49)(H,54,55,56)(H,57,58,59)/b46-45+. The summed E-state index contributed by atoms with van der Waals surface area (Å²) in [7, 11) is -8.10. The minimum Gasteiger partial charge on any atom is -0.397 e. The fraction of sp³-hybridized carbons (Fsp3) is 0.244. The summed E-state index contributed by atoms with van der Waals surface area (Å²) in [6, 6.07) is 17.2. The smallest absolute Gasteiger partial charge is 0.296 e. The summed E-state index contributed by atoms with van der Waals surface area (Å²) in [6.45, 7) is 1.13. The first-order valence-electron chi connectivity index (χ1n) is 19.0. The number of hydrogen-bond acceptors (Lipinski definition) is 14. The number of anilines is 4. The lowest BCUT2D eigenvalue weighted by molar-refractivity contribution is -0.137. The van der Waals surface area contributed by atoms with E-state index in [9.17, 15) is 49.9 Å². The first-order valence-corrected chi connectivity index (χ1v) is 21.9. The first-order chi connectivity index (χ1) is 28.9. The van der Waals surface area contributed by atoms with Crippen LogP contribution in [0.15, 0.2) is 105 Å². The van der Waals surface area contributed by atoms with E-state index in [4.69, 9.17) is 5.73 Å². The molecule has 0 fully saturated rings. The molecule has 0 saturated carbocycles. The maximum absolute atomic E-state index is 13.7. The van der Waals surface area contributed by atoms with Gasteiger partial charge < -0.3 is 21.3 Å². The lowest BCUT2D eigenvalue weighted by Crippen LogP contribution is -2.38. The fourth-order valence-corrected chi connectivity index (χ4v) is 8.18.